The van der Waals surface area contributed by atoms with Crippen LogP contribution in [0.4, 0.5) is 0 Å². The Morgan fingerprint density at radius 3 is 2.22 bits per heavy atom. The lowest BCUT2D eigenvalue weighted by Gasteiger charge is -2.35. The van der Waals surface area contributed by atoms with Crippen molar-refractivity contribution in [2.75, 3.05) is 19.6 Å². The second-order valence-corrected chi connectivity index (χ2v) is 8.03. The molecule has 2 heterocycles. The van der Waals surface area contributed by atoms with Gasteiger partial charge in [0.1, 0.15) is 6.04 Å². The maximum absolute atomic E-state index is 12.9. The number of carbonyl (C=O) groups excluding carboxylic acids is 2. The number of hydrogen-bond donors (Lipinski definition) is 0. The summed E-state index contributed by atoms with van der Waals surface area (Å²) in [7, 11) is 0. The van der Waals surface area contributed by atoms with Crippen LogP contribution in [0.2, 0.25) is 0 Å². The summed E-state index contributed by atoms with van der Waals surface area (Å²) in [6.45, 7) is 6.86. The Hall–Kier alpha value is -1.06. The second-order valence-electron chi connectivity index (χ2n) is 8.03. The van der Waals surface area contributed by atoms with Gasteiger partial charge in [-0.15, -0.1) is 0 Å². The van der Waals surface area contributed by atoms with Crippen LogP contribution >= 0.6 is 0 Å². The zero-order valence-corrected chi connectivity index (χ0v) is 14.8. The lowest BCUT2D eigenvalue weighted by molar-refractivity contribution is -0.147. The van der Waals surface area contributed by atoms with E-state index in [4.69, 9.17) is 0 Å². The van der Waals surface area contributed by atoms with Gasteiger partial charge in [0.2, 0.25) is 11.8 Å². The summed E-state index contributed by atoms with van der Waals surface area (Å²) in [5.74, 6) is 1.80. The van der Waals surface area contributed by atoms with Gasteiger partial charge in [-0.25, -0.2) is 0 Å². The number of nitrogens with zero attached hydrogens (tertiary/aromatic N) is 2. The van der Waals surface area contributed by atoms with E-state index < -0.39 is 0 Å². The summed E-state index contributed by atoms with van der Waals surface area (Å²) < 4.78 is 0. The fourth-order valence-electron chi connectivity index (χ4n) is 4.65. The minimum absolute atomic E-state index is 0.0901. The topological polar surface area (TPSA) is 40.6 Å². The van der Waals surface area contributed by atoms with E-state index in [0.717, 1.165) is 51.2 Å². The van der Waals surface area contributed by atoms with E-state index in [-0.39, 0.29) is 23.8 Å². The van der Waals surface area contributed by atoms with Crippen LogP contribution in [0.1, 0.15) is 65.2 Å². The van der Waals surface area contributed by atoms with Gasteiger partial charge in [0, 0.05) is 25.6 Å². The van der Waals surface area contributed by atoms with Crippen LogP contribution in [0.3, 0.4) is 0 Å². The highest BCUT2D eigenvalue weighted by Gasteiger charge is 2.40. The van der Waals surface area contributed by atoms with E-state index in [2.05, 4.69) is 13.8 Å². The Balaban J connectivity index is 1.62. The van der Waals surface area contributed by atoms with E-state index in [1.807, 2.05) is 9.80 Å². The lowest BCUT2D eigenvalue weighted by atomic mass is 9.91. The van der Waals surface area contributed by atoms with Gasteiger partial charge in [-0.05, 0) is 50.4 Å². The highest BCUT2D eigenvalue weighted by Crippen LogP contribution is 2.34. The molecular weight excluding hydrogens is 288 g/mol. The molecule has 2 saturated heterocycles. The summed E-state index contributed by atoms with van der Waals surface area (Å²) in [4.78, 5) is 29.8. The average Bonchev–Trinajstić information content (AvgIpc) is 3.24. The molecule has 0 aromatic rings. The molecule has 1 saturated carbocycles. The van der Waals surface area contributed by atoms with E-state index >= 15 is 0 Å². The molecule has 4 nitrogen and oxygen atoms in total. The minimum atomic E-state index is -0.181. The van der Waals surface area contributed by atoms with Crippen LogP contribution in [-0.2, 0) is 9.59 Å². The number of hydrogen-bond acceptors (Lipinski definition) is 2. The monoisotopic (exact) mass is 320 g/mol. The van der Waals surface area contributed by atoms with Gasteiger partial charge in [0.15, 0.2) is 0 Å². The van der Waals surface area contributed by atoms with Gasteiger partial charge in [0.05, 0.1) is 0 Å². The summed E-state index contributed by atoms with van der Waals surface area (Å²) in [5, 5.41) is 0. The maximum Gasteiger partial charge on any atom is 0.245 e. The normalized spacial score (nSPS) is 28.3. The smallest absolute Gasteiger partial charge is 0.245 e. The molecular formula is C19H32N2O2. The Labute approximate surface area is 140 Å². The van der Waals surface area contributed by atoms with Crippen LogP contribution in [0.25, 0.3) is 0 Å². The molecule has 0 N–H and O–H groups in total. The third-order valence-electron chi connectivity index (χ3n) is 6.41. The molecule has 0 aromatic heterocycles. The van der Waals surface area contributed by atoms with E-state index in [9.17, 15) is 9.59 Å². The van der Waals surface area contributed by atoms with Crippen molar-refractivity contribution in [2.24, 2.45) is 17.8 Å². The van der Waals surface area contributed by atoms with Crippen molar-refractivity contribution in [3.05, 3.63) is 0 Å². The molecule has 3 fully saturated rings. The zero-order chi connectivity index (χ0) is 16.4. The van der Waals surface area contributed by atoms with Crippen molar-refractivity contribution >= 4 is 11.8 Å². The minimum Gasteiger partial charge on any atom is -0.341 e. The van der Waals surface area contributed by atoms with Crippen LogP contribution in [-0.4, -0.2) is 47.3 Å². The SMILES string of the molecule is CC1CCN(C(=O)[C@H]2CCCN2C(=O)C(C)C2CCCC2)CC1. The Bertz CT molecular complexity index is 437. The van der Waals surface area contributed by atoms with Crippen molar-refractivity contribution in [3.63, 3.8) is 0 Å². The Morgan fingerprint density at radius 1 is 0.913 bits per heavy atom. The summed E-state index contributed by atoms with van der Waals surface area (Å²) in [6.07, 6.45) is 8.92. The van der Waals surface area contributed by atoms with Gasteiger partial charge in [0.25, 0.3) is 0 Å². The van der Waals surface area contributed by atoms with Gasteiger partial charge in [-0.3, -0.25) is 9.59 Å². The van der Waals surface area contributed by atoms with Gasteiger partial charge in [-0.2, -0.15) is 0 Å². The molecule has 2 aliphatic heterocycles. The first-order valence-corrected chi connectivity index (χ1v) is 9.67. The molecule has 130 valence electrons. The molecule has 3 aliphatic rings. The van der Waals surface area contributed by atoms with Crippen molar-refractivity contribution < 1.29 is 9.59 Å². The highest BCUT2D eigenvalue weighted by atomic mass is 16.2. The predicted molar refractivity (Wildman–Crippen MR) is 90.8 cm³/mol. The second kappa shape index (κ2) is 7.23. The van der Waals surface area contributed by atoms with E-state index in [1.165, 1.54) is 25.7 Å². The van der Waals surface area contributed by atoms with Crippen molar-refractivity contribution in [1.29, 1.82) is 0 Å². The summed E-state index contributed by atoms with van der Waals surface area (Å²) in [6, 6.07) is -0.181. The molecule has 1 aliphatic carbocycles. The third-order valence-corrected chi connectivity index (χ3v) is 6.41. The summed E-state index contributed by atoms with van der Waals surface area (Å²) in [5.41, 5.74) is 0. The van der Waals surface area contributed by atoms with Crippen molar-refractivity contribution in [1.82, 2.24) is 9.80 Å². The predicted octanol–water partition coefficient (Wildman–Crippen LogP) is 3.06. The van der Waals surface area contributed by atoms with Gasteiger partial charge < -0.3 is 9.80 Å². The molecule has 0 bridgehead atoms. The number of amides is 2. The van der Waals surface area contributed by atoms with E-state index in [1.54, 1.807) is 0 Å². The number of carbonyl (C=O) groups is 2. The Kier molecular flexibility index (Phi) is 5.27. The molecule has 0 aromatic carbocycles. The Morgan fingerprint density at radius 2 is 1.57 bits per heavy atom. The van der Waals surface area contributed by atoms with Crippen LogP contribution in [0.15, 0.2) is 0 Å². The van der Waals surface area contributed by atoms with Crippen LogP contribution in [0, 0.1) is 17.8 Å². The van der Waals surface area contributed by atoms with Crippen molar-refractivity contribution in [2.45, 2.75) is 71.3 Å². The summed E-state index contributed by atoms with van der Waals surface area (Å²) >= 11 is 0. The third kappa shape index (κ3) is 3.56. The molecule has 3 rings (SSSR count). The molecule has 23 heavy (non-hydrogen) atoms. The van der Waals surface area contributed by atoms with Crippen LogP contribution in [0.5, 0.6) is 0 Å². The molecule has 0 spiro atoms. The van der Waals surface area contributed by atoms with E-state index in [0.29, 0.717) is 5.92 Å². The first-order chi connectivity index (χ1) is 11.1. The molecule has 1 unspecified atom stereocenters. The fourth-order valence-corrected chi connectivity index (χ4v) is 4.65. The largest absolute Gasteiger partial charge is 0.341 e. The molecule has 2 atom stereocenters. The quantitative estimate of drug-likeness (QED) is 0.802. The first-order valence-electron chi connectivity index (χ1n) is 9.67. The maximum atomic E-state index is 12.9. The van der Waals surface area contributed by atoms with Crippen molar-refractivity contribution in [3.8, 4) is 0 Å². The molecule has 0 radical (unpaired) electrons. The molecule has 4 heteroatoms. The van der Waals surface area contributed by atoms with Gasteiger partial charge >= 0.3 is 0 Å². The fraction of sp³-hybridized carbons (Fsp3) is 0.895. The standard InChI is InChI=1S/C19H32N2O2/c1-14-9-12-20(13-10-14)19(23)17-8-5-11-21(17)18(22)15(2)16-6-3-4-7-16/h14-17H,3-13H2,1-2H3/t15?,17-/m1/s1. The lowest BCUT2D eigenvalue weighted by Crippen LogP contribution is -2.51. The molecule has 2 amide bonds. The number of rotatable bonds is 3. The number of piperidine rings is 1. The first kappa shape index (κ1) is 16.8. The highest BCUT2D eigenvalue weighted by molar-refractivity contribution is 5.89. The van der Waals surface area contributed by atoms with Gasteiger partial charge in [-0.1, -0.05) is 26.7 Å². The number of likely N-dealkylation sites (tertiary alicyclic amines) is 2. The zero-order valence-electron chi connectivity index (χ0n) is 14.8. The van der Waals surface area contributed by atoms with Crippen LogP contribution < -0.4 is 0 Å². The average molecular weight is 320 g/mol.